The van der Waals surface area contributed by atoms with Crippen LogP contribution < -0.4 is 0 Å². The van der Waals surface area contributed by atoms with Crippen LogP contribution in [0.2, 0.25) is 0 Å². The number of aromatic nitrogens is 3. The van der Waals surface area contributed by atoms with Crippen molar-refractivity contribution in [3.63, 3.8) is 0 Å². The van der Waals surface area contributed by atoms with E-state index in [4.69, 9.17) is 4.89 Å². The molecule has 0 spiro atoms. The Bertz CT molecular complexity index is 1030. The van der Waals surface area contributed by atoms with Gasteiger partial charge in [-0.2, -0.15) is 4.89 Å². The predicted molar refractivity (Wildman–Crippen MR) is 110 cm³/mol. The Hall–Kier alpha value is -3.19. The zero-order valence-electron chi connectivity index (χ0n) is 17.1. The minimum absolute atomic E-state index is 0.135. The van der Waals surface area contributed by atoms with Crippen molar-refractivity contribution in [2.24, 2.45) is 0 Å². The van der Waals surface area contributed by atoms with E-state index in [9.17, 15) is 9.90 Å². The number of hydrogen-bond acceptors (Lipinski definition) is 6. The largest absolute Gasteiger partial charge is 0.505 e. The van der Waals surface area contributed by atoms with Crippen molar-refractivity contribution in [1.82, 2.24) is 15.0 Å². The van der Waals surface area contributed by atoms with Crippen LogP contribution in [0.1, 0.15) is 38.8 Å². The Kier molecular flexibility index (Phi) is 5.70. The molecule has 152 valence electrons. The van der Waals surface area contributed by atoms with Crippen molar-refractivity contribution in [3.8, 4) is 11.4 Å². The van der Waals surface area contributed by atoms with Gasteiger partial charge in [0, 0.05) is 17.6 Å². The zero-order chi connectivity index (χ0) is 21.2. The van der Waals surface area contributed by atoms with Gasteiger partial charge in [-0.05, 0) is 36.1 Å². The lowest BCUT2D eigenvalue weighted by molar-refractivity contribution is -0.267. The number of fused-ring (bicyclic) bond motifs is 1. The molecule has 0 aliphatic rings. The summed E-state index contributed by atoms with van der Waals surface area (Å²) in [6.07, 6.45) is 0.473. The van der Waals surface area contributed by atoms with Gasteiger partial charge in [0.05, 0.1) is 6.61 Å². The molecule has 1 N–H and O–H groups in total. The number of aromatic hydroxyl groups is 1. The molecule has 7 heteroatoms. The fourth-order valence-electron chi connectivity index (χ4n) is 2.84. The monoisotopic (exact) mass is 395 g/mol. The normalized spacial score (nSPS) is 11.6. The highest BCUT2D eigenvalue weighted by Gasteiger charge is 2.23. The van der Waals surface area contributed by atoms with Gasteiger partial charge in [0.1, 0.15) is 22.5 Å². The molecular formula is C22H25N3O4. The predicted octanol–water partition coefficient (Wildman–Crippen LogP) is 4.02. The van der Waals surface area contributed by atoms with E-state index in [-0.39, 0.29) is 23.3 Å². The summed E-state index contributed by atoms with van der Waals surface area (Å²) in [7, 11) is 0. The third-order valence-electron chi connectivity index (χ3n) is 4.42. The van der Waals surface area contributed by atoms with Gasteiger partial charge in [-0.15, -0.1) is 15.0 Å². The molecule has 0 saturated carbocycles. The number of hydrogen-bond donors (Lipinski definition) is 1. The van der Waals surface area contributed by atoms with Gasteiger partial charge in [-0.25, -0.2) is 4.79 Å². The standard InChI is InChI=1S/C22H25N3O4/c1-14(2)21(27)29-28-11-10-15-12-16(22(3,4)5)20(26)19(13-15)25-23-17-8-6-7-9-18(17)24-25/h6-9,12-13,26H,1,10-11H2,2-5H3. The van der Waals surface area contributed by atoms with Crippen molar-refractivity contribution < 1.29 is 19.7 Å². The van der Waals surface area contributed by atoms with Gasteiger partial charge in [0.2, 0.25) is 0 Å². The Morgan fingerprint density at radius 3 is 2.34 bits per heavy atom. The van der Waals surface area contributed by atoms with E-state index in [2.05, 4.69) is 21.7 Å². The highest BCUT2D eigenvalue weighted by molar-refractivity contribution is 5.86. The van der Waals surface area contributed by atoms with Gasteiger partial charge in [-0.3, -0.25) is 4.89 Å². The Morgan fingerprint density at radius 2 is 1.79 bits per heavy atom. The first kappa shape index (κ1) is 20.5. The fraction of sp³-hybridized carbons (Fsp3) is 0.318. The van der Waals surface area contributed by atoms with E-state index in [1.807, 2.05) is 57.2 Å². The van der Waals surface area contributed by atoms with Crippen LogP contribution in [0.15, 0.2) is 48.6 Å². The Labute approximate surface area is 169 Å². The molecule has 1 heterocycles. The molecule has 0 atom stereocenters. The minimum atomic E-state index is -0.598. The van der Waals surface area contributed by atoms with Crippen LogP contribution in [0.25, 0.3) is 16.7 Å². The summed E-state index contributed by atoms with van der Waals surface area (Å²) in [5.41, 5.74) is 3.61. The Balaban J connectivity index is 1.92. The smallest absolute Gasteiger partial charge is 0.368 e. The van der Waals surface area contributed by atoms with Crippen molar-refractivity contribution >= 4 is 17.0 Å². The van der Waals surface area contributed by atoms with Crippen LogP contribution >= 0.6 is 0 Å². The van der Waals surface area contributed by atoms with E-state index in [1.165, 1.54) is 4.80 Å². The molecule has 0 aliphatic heterocycles. The first-order chi connectivity index (χ1) is 13.7. The van der Waals surface area contributed by atoms with Crippen molar-refractivity contribution in [2.45, 2.75) is 39.5 Å². The van der Waals surface area contributed by atoms with Crippen LogP contribution in [0.5, 0.6) is 5.75 Å². The second-order valence-electron chi connectivity index (χ2n) is 7.96. The van der Waals surface area contributed by atoms with E-state index in [0.29, 0.717) is 12.1 Å². The lowest BCUT2D eigenvalue weighted by Gasteiger charge is -2.23. The number of rotatable bonds is 6. The summed E-state index contributed by atoms with van der Waals surface area (Å²) in [5, 5.41) is 19.9. The first-order valence-electron chi connectivity index (χ1n) is 9.35. The molecular weight excluding hydrogens is 370 g/mol. The number of carbonyl (C=O) groups excluding carboxylic acids is 1. The summed E-state index contributed by atoms with van der Waals surface area (Å²) in [4.78, 5) is 22.5. The molecule has 3 rings (SSSR count). The topological polar surface area (TPSA) is 86.5 Å². The van der Waals surface area contributed by atoms with Gasteiger partial charge in [0.25, 0.3) is 0 Å². The van der Waals surface area contributed by atoms with Crippen molar-refractivity contribution in [1.29, 1.82) is 0 Å². The summed E-state index contributed by atoms with van der Waals surface area (Å²) < 4.78 is 0. The summed E-state index contributed by atoms with van der Waals surface area (Å²) in [6.45, 7) is 11.3. The highest BCUT2D eigenvalue weighted by Crippen LogP contribution is 2.36. The van der Waals surface area contributed by atoms with E-state index < -0.39 is 5.97 Å². The molecule has 0 unspecified atom stereocenters. The maximum absolute atomic E-state index is 11.4. The number of nitrogens with zero attached hydrogens (tertiary/aromatic N) is 3. The summed E-state index contributed by atoms with van der Waals surface area (Å²) in [6, 6.07) is 11.3. The number of phenols is 1. The summed E-state index contributed by atoms with van der Waals surface area (Å²) >= 11 is 0. The second kappa shape index (κ2) is 8.05. The van der Waals surface area contributed by atoms with Gasteiger partial charge >= 0.3 is 5.97 Å². The molecule has 0 saturated heterocycles. The third kappa shape index (κ3) is 4.63. The molecule has 2 aromatic carbocycles. The van der Waals surface area contributed by atoms with Crippen LogP contribution in [-0.4, -0.2) is 32.7 Å². The molecule has 0 aliphatic carbocycles. The van der Waals surface area contributed by atoms with E-state index >= 15 is 0 Å². The average molecular weight is 395 g/mol. The average Bonchev–Trinajstić information content (AvgIpc) is 3.08. The number of benzene rings is 2. The fourth-order valence-corrected chi connectivity index (χ4v) is 2.84. The maximum Gasteiger partial charge on any atom is 0.368 e. The molecule has 0 radical (unpaired) electrons. The molecule has 1 aromatic heterocycles. The number of carbonyl (C=O) groups is 1. The molecule has 7 nitrogen and oxygen atoms in total. The molecule has 3 aromatic rings. The Morgan fingerprint density at radius 1 is 1.17 bits per heavy atom. The zero-order valence-corrected chi connectivity index (χ0v) is 17.1. The molecule has 0 bridgehead atoms. The molecule has 29 heavy (non-hydrogen) atoms. The van der Waals surface area contributed by atoms with Crippen LogP contribution in [0.4, 0.5) is 0 Å². The lowest BCUT2D eigenvalue weighted by atomic mass is 9.84. The van der Waals surface area contributed by atoms with E-state index in [0.717, 1.165) is 22.2 Å². The van der Waals surface area contributed by atoms with Crippen LogP contribution in [0, 0.1) is 0 Å². The SMILES string of the molecule is C=C(C)C(=O)OOCCc1cc(-n2nc3ccccc3n2)c(O)c(C(C)(C)C)c1. The first-order valence-corrected chi connectivity index (χ1v) is 9.35. The van der Waals surface area contributed by atoms with Crippen LogP contribution in [0.3, 0.4) is 0 Å². The van der Waals surface area contributed by atoms with E-state index in [1.54, 1.807) is 6.92 Å². The highest BCUT2D eigenvalue weighted by atomic mass is 17.2. The van der Waals surface area contributed by atoms with Crippen molar-refractivity contribution in [2.75, 3.05) is 6.61 Å². The van der Waals surface area contributed by atoms with Crippen molar-refractivity contribution in [3.05, 3.63) is 59.7 Å². The second-order valence-corrected chi connectivity index (χ2v) is 7.96. The summed E-state index contributed by atoms with van der Waals surface area (Å²) in [5.74, 6) is -0.463. The maximum atomic E-state index is 11.4. The minimum Gasteiger partial charge on any atom is -0.505 e. The third-order valence-corrected chi connectivity index (χ3v) is 4.42. The number of phenolic OH excluding ortho intramolecular Hbond substituents is 1. The van der Waals surface area contributed by atoms with Gasteiger partial charge < -0.3 is 5.11 Å². The van der Waals surface area contributed by atoms with Crippen LogP contribution in [-0.2, 0) is 26.4 Å². The quantitative estimate of drug-likeness (QED) is 0.294. The molecule has 0 fully saturated rings. The molecule has 0 amide bonds. The van der Waals surface area contributed by atoms with Gasteiger partial charge in [0.15, 0.2) is 0 Å². The van der Waals surface area contributed by atoms with Gasteiger partial charge in [-0.1, -0.05) is 45.5 Å². The lowest BCUT2D eigenvalue weighted by Crippen LogP contribution is -2.15.